The van der Waals surface area contributed by atoms with Crippen LogP contribution >= 0.6 is 149 Å². The van der Waals surface area contributed by atoms with Crippen molar-refractivity contribution < 1.29 is 38.5 Å². The molecule has 1 saturated heterocycles. The van der Waals surface area contributed by atoms with E-state index in [0.29, 0.717) is 27.5 Å². The van der Waals surface area contributed by atoms with Crippen LogP contribution in [-0.2, 0) is 41.7 Å². The maximum absolute atomic E-state index is 11.3. The van der Waals surface area contributed by atoms with Crippen molar-refractivity contribution >= 4 is 198 Å². The van der Waals surface area contributed by atoms with Crippen molar-refractivity contribution in [2.24, 2.45) is 15.7 Å². The summed E-state index contributed by atoms with van der Waals surface area (Å²) in [6, 6.07) is 0. The molecule has 0 amide bonds. The number of carbonyl (C=O) groups excluding carboxylic acids is 3. The number of nitrogen functional groups attached to an aromatic ring is 1. The second kappa shape index (κ2) is 54.9. The van der Waals surface area contributed by atoms with Crippen molar-refractivity contribution in [2.45, 2.75) is 112 Å². The molecule has 3 radical (unpaired) electrons. The Balaban J connectivity index is -0.000000151. The molecule has 62 heavy (non-hydrogen) atoms. The van der Waals surface area contributed by atoms with E-state index in [1.807, 2.05) is 15.7 Å². The second-order valence-electron chi connectivity index (χ2n) is 11.9. The zero-order chi connectivity index (χ0) is 46.7. The van der Waals surface area contributed by atoms with E-state index >= 15 is 0 Å². The number of nitrogens with zero attached hydrogens (tertiary/aromatic N) is 8. The average Bonchev–Trinajstić information content (AvgIpc) is 3.57. The summed E-state index contributed by atoms with van der Waals surface area (Å²) in [5.41, 5.74) is 10.4. The number of Topliss-reactive ketones (excluding diaryl/α,β-unsaturated/α-hetero) is 3. The number of alkyl halides is 1. The van der Waals surface area contributed by atoms with Gasteiger partial charge < -0.3 is 25.7 Å². The Kier molecular flexibility index (Phi) is 66.3. The molecule has 350 valence electrons. The van der Waals surface area contributed by atoms with Crippen LogP contribution in [0.1, 0.15) is 115 Å². The third-order valence-electron chi connectivity index (χ3n) is 7.39. The molecule has 4 aliphatic heterocycles. The van der Waals surface area contributed by atoms with Crippen molar-refractivity contribution in [3.05, 3.63) is 11.5 Å². The molecule has 6 N–H and O–H groups in total. The average molecular weight is 1750 g/mol. The topological polar surface area (TPSA) is 256 Å². The number of aliphatic imine (C=N–C) groups is 2. The Bertz CT molecular complexity index is 1560. The van der Waals surface area contributed by atoms with Gasteiger partial charge in [0.15, 0.2) is 24.0 Å². The number of methoxy groups -OCH3 is 1. The number of fused-ring (bicyclic) bond motifs is 1. The van der Waals surface area contributed by atoms with Crippen LogP contribution in [0, 0.1) is 34.4 Å². The predicted molar refractivity (Wildman–Crippen MR) is 307 cm³/mol. The molecule has 4 aliphatic rings. The van der Waals surface area contributed by atoms with Crippen LogP contribution < -0.4 is 21.8 Å². The number of rotatable bonds is 4. The molecule has 0 spiro atoms. The van der Waals surface area contributed by atoms with Gasteiger partial charge in [-0.2, -0.15) is 20.8 Å². The number of nitrogens with one attached hydrogen (secondary N) is 2. The van der Waals surface area contributed by atoms with Crippen molar-refractivity contribution in [2.75, 3.05) is 44.9 Å². The van der Waals surface area contributed by atoms with E-state index in [4.69, 9.17) is 37.9 Å². The quantitative estimate of drug-likeness (QED) is 0.0552. The fourth-order valence-corrected chi connectivity index (χ4v) is 5.14. The van der Waals surface area contributed by atoms with Gasteiger partial charge in [-0.3, -0.25) is 24.7 Å². The molecule has 1 fully saturated rings. The van der Waals surface area contributed by atoms with Crippen molar-refractivity contribution in [3.63, 3.8) is 0 Å². The Hall–Kier alpha value is 1.33. The van der Waals surface area contributed by atoms with Gasteiger partial charge in [0.25, 0.3) is 0 Å². The second-order valence-corrected chi connectivity index (χ2v) is 59.3. The number of amidine groups is 2. The molecule has 5 rings (SSSR count). The van der Waals surface area contributed by atoms with Crippen LogP contribution in [0.25, 0.3) is 0 Å². The standard InChI is InChI=1S/2C9H13N3O.C6H9N3.C6H11NO.C3H5ClO.CH2N2.CH4.B.I2.5HI.2V/c1-6(13)8-9(10)11-7-4-2-3-5-12(7)8;1-8(13)6-12-5-3-2-4-9(12)11-7-10;7-5-9-6-3-1-2-4-8-6;1-8-6-4-2-3-5-7-6;1-3(5)2-4;2-1-3;;;1-2;;;;;;;/h2-5,10H2,1H3;2-6H2,1H3;1-4H2,(H,8,9);2-5H2,1H3;2H2,1H3;2H2;1H4;;;5*1H;;/q;;;;;;;;;;;;;;+2;+3/p-4. The van der Waals surface area contributed by atoms with Gasteiger partial charge in [-0.05, 0) is 58.8 Å². The molecule has 0 unspecified atom stereocenters. The van der Waals surface area contributed by atoms with Crippen molar-refractivity contribution in [3.8, 4) is 18.6 Å². The first-order valence-electron chi connectivity index (χ1n) is 18.0. The van der Waals surface area contributed by atoms with Gasteiger partial charge in [0.05, 0.1) is 26.0 Å². The van der Waals surface area contributed by atoms with Crippen molar-refractivity contribution in [1.29, 1.82) is 15.8 Å². The number of hydrogen-bond donors (Lipinski definition) is 4. The molecule has 0 aliphatic carbocycles. The summed E-state index contributed by atoms with van der Waals surface area (Å²) in [6.45, 7) is 8.63. The van der Waals surface area contributed by atoms with Gasteiger partial charge in [0.1, 0.15) is 41.3 Å². The van der Waals surface area contributed by atoms with Crippen molar-refractivity contribution in [1.82, 2.24) is 19.8 Å². The normalized spacial score (nSPS) is 14.2. The number of nitrogens with two attached hydrogens (primary N) is 2. The van der Waals surface area contributed by atoms with Gasteiger partial charge in [-0.1, -0.05) is 7.43 Å². The Morgan fingerprint density at radius 2 is 1.47 bits per heavy atom. The summed E-state index contributed by atoms with van der Waals surface area (Å²) < 4.78 is 6.96. The number of nitriles is 3. The summed E-state index contributed by atoms with van der Waals surface area (Å²) >= 11 is 21.4. The van der Waals surface area contributed by atoms with Gasteiger partial charge in [-0.15, -0.1) is 11.6 Å². The molecule has 0 bridgehead atoms. The number of aryl methyl sites for hydroxylation is 1. The van der Waals surface area contributed by atoms with E-state index in [0.717, 1.165) is 114 Å². The maximum atomic E-state index is 11.3. The molecule has 0 aromatic carbocycles. The van der Waals surface area contributed by atoms with E-state index < -0.39 is 0 Å². The number of hydrogen-bond acceptors (Lipinski definition) is 13. The number of piperidine rings is 1. The molecule has 5 heterocycles. The third kappa shape index (κ3) is 46.4. The number of halogens is 8. The summed E-state index contributed by atoms with van der Waals surface area (Å²) in [6.07, 6.45) is 18.0. The molecular formula is C35H58BClI7N12O4V2+. The number of ketones is 3. The van der Waals surface area contributed by atoms with E-state index in [9.17, 15) is 14.4 Å². The summed E-state index contributed by atoms with van der Waals surface area (Å²) in [5, 5.41) is 26.2. The Morgan fingerprint density at radius 1 is 0.952 bits per heavy atom. The molecule has 27 heteroatoms. The zero-order valence-electron chi connectivity index (χ0n) is 34.6. The van der Waals surface area contributed by atoms with Gasteiger partial charge in [0.2, 0.25) is 6.19 Å². The fourth-order valence-electron chi connectivity index (χ4n) is 5.14. The van der Waals surface area contributed by atoms with E-state index in [2.05, 4.69) is 168 Å². The van der Waals surface area contributed by atoms with E-state index in [-0.39, 0.29) is 44.0 Å². The van der Waals surface area contributed by atoms with Crippen LogP contribution in [0.5, 0.6) is 0 Å². The molecule has 1 aromatic heterocycles. The number of aromatic nitrogens is 2. The number of likely N-dealkylation sites (tertiary alicyclic amines) is 1. The minimum absolute atomic E-state index is 0. The first-order chi connectivity index (χ1) is 28.6. The van der Waals surface area contributed by atoms with Gasteiger partial charge >= 0.3 is 120 Å². The Morgan fingerprint density at radius 3 is 1.87 bits per heavy atom. The SMILES string of the molecule is C.CC(=O)CCl.CC(=O)CN1CCCCC1=NC#N.CC(=O)c1c(N)nc2n1CCCC2.COC1=[NH+]CCCC1.II.N#CN.N#CNC1=NCCCC1.[B].[I][V]([I])[I].[I][V][I]. The Labute approximate surface area is 466 Å². The monoisotopic (exact) mass is 1750 g/mol. The van der Waals surface area contributed by atoms with Crippen LogP contribution in [-0.4, -0.2) is 97.0 Å². The summed E-state index contributed by atoms with van der Waals surface area (Å²) in [4.78, 5) is 48.6. The number of anilines is 1. The predicted octanol–water partition coefficient (Wildman–Crippen LogP) is 8.57. The number of ether oxygens (including phenoxy) is 1. The van der Waals surface area contributed by atoms with E-state index in [1.54, 1.807) is 20.2 Å². The van der Waals surface area contributed by atoms with Gasteiger partial charge in [-0.25, -0.2) is 9.98 Å². The van der Waals surface area contributed by atoms with Crippen LogP contribution in [0.4, 0.5) is 5.82 Å². The minimum atomic E-state index is -0.278. The number of imidazole rings is 1. The molecular weight excluding hydrogens is 1690 g/mol. The van der Waals surface area contributed by atoms with Crippen LogP contribution in [0.3, 0.4) is 0 Å². The third-order valence-corrected chi connectivity index (χ3v) is 7.76. The first-order valence-corrected chi connectivity index (χ1v) is 47.4. The first kappa shape index (κ1) is 74.9. The molecule has 1 aromatic rings. The summed E-state index contributed by atoms with van der Waals surface area (Å²) in [5.74, 6) is 4.32. The van der Waals surface area contributed by atoms with E-state index in [1.165, 1.54) is 32.9 Å². The fraction of sp³-hybridized carbons (Fsp3) is 0.657. The molecule has 16 nitrogen and oxygen atoms in total. The molecule has 0 saturated carbocycles. The van der Waals surface area contributed by atoms with Crippen LogP contribution in [0.15, 0.2) is 9.98 Å². The molecule has 0 atom stereocenters. The van der Waals surface area contributed by atoms with Crippen LogP contribution in [0.2, 0.25) is 0 Å². The summed E-state index contributed by atoms with van der Waals surface area (Å²) in [7, 11) is 2.34. The zero-order valence-corrected chi connectivity index (χ0v) is 53.2. The number of carbonyl (C=O) groups is 3. The van der Waals surface area contributed by atoms with Gasteiger partial charge in [0, 0.05) is 97.9 Å².